The lowest BCUT2D eigenvalue weighted by Gasteiger charge is -2.12. The lowest BCUT2D eigenvalue weighted by molar-refractivity contribution is 0.305. The number of hydrogen-bond donors (Lipinski definition) is 0. The second-order valence-electron chi connectivity index (χ2n) is 4.80. The summed E-state index contributed by atoms with van der Waals surface area (Å²) in [6.45, 7) is 2.63. The third kappa shape index (κ3) is 5.82. The smallest absolute Gasteiger partial charge is 0.157 e. The Morgan fingerprint density at radius 2 is 1.74 bits per heavy atom. The predicted octanol–water partition coefficient (Wildman–Crippen LogP) is 6.58. The molecule has 2 aromatic rings. The molecule has 0 radical (unpaired) electrons. The van der Waals surface area contributed by atoms with Gasteiger partial charge in [0.15, 0.2) is 5.75 Å². The summed E-state index contributed by atoms with van der Waals surface area (Å²) in [5.74, 6) is 0.932. The van der Waals surface area contributed by atoms with E-state index < -0.39 is 0 Å². The minimum atomic E-state index is 0.139. The van der Waals surface area contributed by atoms with Crippen LogP contribution in [0.25, 0.3) is 0 Å². The standard InChI is InChI=1S/C17H14Cl4O2/c1-11-3-2-4-12(7-11)10-23-17-14(18)8-13(9-15(17)19)22-6-5-16(20)21/h2-5,7-9H,6,10H2,1H3. The zero-order chi connectivity index (χ0) is 16.8. The zero-order valence-electron chi connectivity index (χ0n) is 12.3. The summed E-state index contributed by atoms with van der Waals surface area (Å²) in [5, 5.41) is 0.752. The van der Waals surface area contributed by atoms with Gasteiger partial charge in [-0.25, -0.2) is 0 Å². The molecular weight excluding hydrogens is 378 g/mol. The molecule has 23 heavy (non-hydrogen) atoms. The number of ether oxygens (including phenoxy) is 2. The fourth-order valence-corrected chi connectivity index (χ4v) is 2.62. The molecule has 0 saturated heterocycles. The summed E-state index contributed by atoms with van der Waals surface area (Å²) in [5.41, 5.74) is 2.21. The lowest BCUT2D eigenvalue weighted by atomic mass is 10.1. The monoisotopic (exact) mass is 390 g/mol. The highest BCUT2D eigenvalue weighted by molar-refractivity contribution is 6.55. The minimum Gasteiger partial charge on any atom is -0.489 e. The van der Waals surface area contributed by atoms with Gasteiger partial charge in [0.05, 0.1) is 10.0 Å². The molecule has 0 aliphatic heterocycles. The fraction of sp³-hybridized carbons (Fsp3) is 0.176. The molecule has 0 fully saturated rings. The number of halogens is 4. The van der Waals surface area contributed by atoms with Gasteiger partial charge in [0.1, 0.15) is 23.5 Å². The maximum absolute atomic E-state index is 6.22. The van der Waals surface area contributed by atoms with Crippen molar-refractivity contribution in [3.8, 4) is 11.5 Å². The van der Waals surface area contributed by atoms with Crippen LogP contribution in [-0.2, 0) is 6.61 Å². The highest BCUT2D eigenvalue weighted by Crippen LogP contribution is 2.37. The zero-order valence-corrected chi connectivity index (χ0v) is 15.3. The largest absolute Gasteiger partial charge is 0.489 e. The van der Waals surface area contributed by atoms with Crippen LogP contribution in [0.15, 0.2) is 47.0 Å². The van der Waals surface area contributed by atoms with E-state index in [4.69, 9.17) is 55.9 Å². The van der Waals surface area contributed by atoms with Gasteiger partial charge in [-0.15, -0.1) is 0 Å². The van der Waals surface area contributed by atoms with Crippen LogP contribution in [0.1, 0.15) is 11.1 Å². The fourth-order valence-electron chi connectivity index (χ4n) is 1.92. The summed E-state index contributed by atoms with van der Waals surface area (Å²) in [6.07, 6.45) is 1.52. The van der Waals surface area contributed by atoms with Gasteiger partial charge in [-0.2, -0.15) is 0 Å². The van der Waals surface area contributed by atoms with Gasteiger partial charge in [-0.05, 0) is 18.6 Å². The normalized spacial score (nSPS) is 10.3. The van der Waals surface area contributed by atoms with Crippen molar-refractivity contribution >= 4 is 46.4 Å². The molecule has 0 bridgehead atoms. The number of hydrogen-bond acceptors (Lipinski definition) is 2. The molecule has 0 N–H and O–H groups in total. The highest BCUT2D eigenvalue weighted by atomic mass is 35.5. The maximum Gasteiger partial charge on any atom is 0.157 e. The predicted molar refractivity (Wildman–Crippen MR) is 97.3 cm³/mol. The van der Waals surface area contributed by atoms with Gasteiger partial charge in [-0.1, -0.05) is 76.2 Å². The Morgan fingerprint density at radius 3 is 2.35 bits per heavy atom. The third-order valence-corrected chi connectivity index (χ3v) is 3.80. The van der Waals surface area contributed by atoms with E-state index in [1.165, 1.54) is 6.08 Å². The average molecular weight is 392 g/mol. The van der Waals surface area contributed by atoms with Crippen LogP contribution in [0.2, 0.25) is 10.0 Å². The van der Waals surface area contributed by atoms with E-state index in [2.05, 4.69) is 0 Å². The van der Waals surface area contributed by atoms with Gasteiger partial charge in [0.25, 0.3) is 0 Å². The summed E-state index contributed by atoms with van der Waals surface area (Å²) in [7, 11) is 0. The Kier molecular flexibility index (Phi) is 6.91. The Bertz CT molecular complexity index is 686. The van der Waals surface area contributed by atoms with E-state index in [1.807, 2.05) is 31.2 Å². The molecule has 6 heteroatoms. The van der Waals surface area contributed by atoms with Crippen LogP contribution in [0.5, 0.6) is 11.5 Å². The van der Waals surface area contributed by atoms with Crippen molar-refractivity contribution in [2.45, 2.75) is 13.5 Å². The summed E-state index contributed by atoms with van der Waals surface area (Å²) in [6, 6.07) is 11.3. The molecule has 0 aromatic heterocycles. The van der Waals surface area contributed by atoms with E-state index in [0.29, 0.717) is 28.2 Å². The highest BCUT2D eigenvalue weighted by Gasteiger charge is 2.11. The average Bonchev–Trinajstić information content (AvgIpc) is 2.46. The Hall–Kier alpha value is -1.06. The molecule has 0 atom stereocenters. The van der Waals surface area contributed by atoms with Gasteiger partial charge in [0.2, 0.25) is 0 Å². The Labute approximate surface area is 155 Å². The van der Waals surface area contributed by atoms with Crippen molar-refractivity contribution in [1.82, 2.24) is 0 Å². The lowest BCUT2D eigenvalue weighted by Crippen LogP contribution is -1.98. The van der Waals surface area contributed by atoms with Crippen molar-refractivity contribution in [2.75, 3.05) is 6.61 Å². The number of benzene rings is 2. The first kappa shape index (κ1) is 18.3. The third-order valence-electron chi connectivity index (χ3n) is 2.93. The molecule has 2 aromatic carbocycles. The quantitative estimate of drug-likeness (QED) is 0.553. The minimum absolute atomic E-state index is 0.139. The molecule has 2 rings (SSSR count). The van der Waals surface area contributed by atoms with Gasteiger partial charge >= 0.3 is 0 Å². The Balaban J connectivity index is 2.06. The molecule has 0 aliphatic rings. The first-order chi connectivity index (χ1) is 11.0. The number of aryl methyl sites for hydroxylation is 1. The summed E-state index contributed by atoms with van der Waals surface area (Å²) < 4.78 is 11.3. The van der Waals surface area contributed by atoms with Gasteiger partial charge in [0, 0.05) is 12.1 Å². The van der Waals surface area contributed by atoms with Gasteiger partial charge < -0.3 is 9.47 Å². The van der Waals surface area contributed by atoms with Crippen molar-refractivity contribution in [2.24, 2.45) is 0 Å². The second-order valence-corrected chi connectivity index (χ2v) is 6.62. The summed E-state index contributed by atoms with van der Waals surface area (Å²) >= 11 is 23.5. The molecular formula is C17H14Cl4O2. The number of rotatable bonds is 6. The van der Waals surface area contributed by atoms with Crippen molar-refractivity contribution in [3.05, 3.63) is 68.1 Å². The van der Waals surface area contributed by atoms with Crippen molar-refractivity contribution in [3.63, 3.8) is 0 Å². The van der Waals surface area contributed by atoms with E-state index in [0.717, 1.165) is 11.1 Å². The van der Waals surface area contributed by atoms with Crippen molar-refractivity contribution in [1.29, 1.82) is 0 Å². The van der Waals surface area contributed by atoms with E-state index >= 15 is 0 Å². The van der Waals surface area contributed by atoms with E-state index in [-0.39, 0.29) is 11.1 Å². The first-order valence-corrected chi connectivity index (χ1v) is 8.28. The molecule has 122 valence electrons. The SMILES string of the molecule is Cc1cccc(COc2c(Cl)cc(OCC=C(Cl)Cl)cc2Cl)c1. The van der Waals surface area contributed by atoms with Crippen LogP contribution in [-0.4, -0.2) is 6.61 Å². The van der Waals surface area contributed by atoms with Crippen LogP contribution >= 0.6 is 46.4 Å². The molecule has 0 heterocycles. The molecule has 0 aliphatic carbocycles. The topological polar surface area (TPSA) is 18.5 Å². The molecule has 2 nitrogen and oxygen atoms in total. The molecule has 0 spiro atoms. The Morgan fingerprint density at radius 1 is 1.04 bits per heavy atom. The van der Waals surface area contributed by atoms with Crippen LogP contribution in [0.4, 0.5) is 0 Å². The maximum atomic E-state index is 6.22. The first-order valence-electron chi connectivity index (χ1n) is 6.77. The van der Waals surface area contributed by atoms with Gasteiger partial charge in [-0.3, -0.25) is 0 Å². The molecule has 0 amide bonds. The van der Waals surface area contributed by atoms with E-state index in [1.54, 1.807) is 12.1 Å². The molecule has 0 saturated carbocycles. The molecule has 0 unspecified atom stereocenters. The van der Waals surface area contributed by atoms with Crippen molar-refractivity contribution < 1.29 is 9.47 Å². The summed E-state index contributed by atoms with van der Waals surface area (Å²) in [4.78, 5) is 0. The van der Waals surface area contributed by atoms with Crippen LogP contribution < -0.4 is 9.47 Å². The van der Waals surface area contributed by atoms with Crippen LogP contribution in [0.3, 0.4) is 0 Å². The second kappa shape index (κ2) is 8.70. The van der Waals surface area contributed by atoms with Crippen LogP contribution in [0, 0.1) is 6.92 Å². The van der Waals surface area contributed by atoms with E-state index in [9.17, 15) is 0 Å².